The van der Waals surface area contributed by atoms with Gasteiger partial charge >= 0.3 is 5.97 Å². The highest BCUT2D eigenvalue weighted by atomic mass is 16.5. The lowest BCUT2D eigenvalue weighted by atomic mass is 10.2. The van der Waals surface area contributed by atoms with E-state index in [9.17, 15) is 9.59 Å². The van der Waals surface area contributed by atoms with Crippen molar-refractivity contribution < 1.29 is 23.2 Å². The van der Waals surface area contributed by atoms with Crippen LogP contribution >= 0.6 is 0 Å². The van der Waals surface area contributed by atoms with Gasteiger partial charge in [0, 0.05) is 5.56 Å². The van der Waals surface area contributed by atoms with Crippen molar-refractivity contribution in [2.24, 2.45) is 0 Å². The van der Waals surface area contributed by atoms with Gasteiger partial charge in [-0.05, 0) is 38.1 Å². The van der Waals surface area contributed by atoms with Gasteiger partial charge in [-0.15, -0.1) is 0 Å². The standard InChI is InChI=1S/C19H18N2O5/c1-12-16(21-18(25-12)14-7-4-3-5-8-14)19(23)26-13(2)17(22)20-11-15-9-6-10-24-15/h3-10,13H,11H2,1-2H3,(H,20,22)/t13-/m0/s1. The zero-order valence-electron chi connectivity index (χ0n) is 14.4. The van der Waals surface area contributed by atoms with Gasteiger partial charge in [-0.1, -0.05) is 18.2 Å². The van der Waals surface area contributed by atoms with Gasteiger partial charge in [-0.2, -0.15) is 0 Å². The molecule has 0 radical (unpaired) electrons. The lowest BCUT2D eigenvalue weighted by molar-refractivity contribution is -0.129. The Kier molecular flexibility index (Phi) is 5.17. The van der Waals surface area contributed by atoms with E-state index in [0.29, 0.717) is 17.4 Å². The maximum absolute atomic E-state index is 12.3. The second-order valence-electron chi connectivity index (χ2n) is 5.63. The van der Waals surface area contributed by atoms with Gasteiger partial charge in [0.1, 0.15) is 11.5 Å². The van der Waals surface area contributed by atoms with Gasteiger partial charge in [0.2, 0.25) is 5.89 Å². The molecule has 26 heavy (non-hydrogen) atoms. The monoisotopic (exact) mass is 354 g/mol. The molecule has 3 rings (SSSR count). The van der Waals surface area contributed by atoms with Crippen molar-refractivity contribution in [1.29, 1.82) is 0 Å². The van der Waals surface area contributed by atoms with Crippen LogP contribution in [0.4, 0.5) is 0 Å². The molecular weight excluding hydrogens is 336 g/mol. The van der Waals surface area contributed by atoms with Gasteiger partial charge in [0.25, 0.3) is 5.91 Å². The van der Waals surface area contributed by atoms with E-state index in [0.717, 1.165) is 5.56 Å². The van der Waals surface area contributed by atoms with Crippen LogP contribution in [-0.4, -0.2) is 23.0 Å². The number of hydrogen-bond acceptors (Lipinski definition) is 6. The number of amides is 1. The molecule has 0 fully saturated rings. The molecular formula is C19H18N2O5. The van der Waals surface area contributed by atoms with Crippen molar-refractivity contribution in [2.45, 2.75) is 26.5 Å². The number of nitrogens with one attached hydrogen (secondary N) is 1. The van der Waals surface area contributed by atoms with Crippen molar-refractivity contribution in [2.75, 3.05) is 0 Å². The second kappa shape index (κ2) is 7.69. The average molecular weight is 354 g/mol. The van der Waals surface area contributed by atoms with Crippen molar-refractivity contribution >= 4 is 11.9 Å². The molecule has 0 bridgehead atoms. The summed E-state index contributed by atoms with van der Waals surface area (Å²) in [5, 5.41) is 2.63. The fourth-order valence-corrected chi connectivity index (χ4v) is 2.29. The molecule has 1 amide bonds. The van der Waals surface area contributed by atoms with Crippen LogP contribution in [0.3, 0.4) is 0 Å². The molecule has 1 aromatic carbocycles. The van der Waals surface area contributed by atoms with Gasteiger partial charge < -0.3 is 18.9 Å². The summed E-state index contributed by atoms with van der Waals surface area (Å²) in [7, 11) is 0. The third-order valence-corrected chi connectivity index (χ3v) is 3.68. The van der Waals surface area contributed by atoms with Crippen LogP contribution in [-0.2, 0) is 16.1 Å². The number of rotatable bonds is 6. The lowest BCUT2D eigenvalue weighted by Crippen LogP contribution is -2.35. The number of carbonyl (C=O) groups excluding carboxylic acids is 2. The van der Waals surface area contributed by atoms with Crippen molar-refractivity contribution in [3.05, 3.63) is 65.9 Å². The van der Waals surface area contributed by atoms with Crippen LogP contribution in [0.2, 0.25) is 0 Å². The van der Waals surface area contributed by atoms with Crippen LogP contribution in [0, 0.1) is 6.92 Å². The Morgan fingerprint density at radius 3 is 2.65 bits per heavy atom. The normalized spacial score (nSPS) is 11.8. The quantitative estimate of drug-likeness (QED) is 0.684. The maximum atomic E-state index is 12.3. The number of aromatic nitrogens is 1. The molecule has 0 aliphatic rings. The number of benzene rings is 1. The Bertz CT molecular complexity index is 884. The van der Waals surface area contributed by atoms with Gasteiger partial charge in [-0.3, -0.25) is 4.79 Å². The number of carbonyl (C=O) groups is 2. The molecule has 3 aromatic rings. The van der Waals surface area contributed by atoms with Crippen LogP contribution in [0.15, 0.2) is 57.6 Å². The highest BCUT2D eigenvalue weighted by molar-refractivity contribution is 5.91. The summed E-state index contributed by atoms with van der Waals surface area (Å²) in [4.78, 5) is 28.5. The van der Waals surface area contributed by atoms with Gasteiger partial charge in [0.05, 0.1) is 12.8 Å². The Morgan fingerprint density at radius 1 is 1.19 bits per heavy atom. The molecule has 1 N–H and O–H groups in total. The molecule has 2 heterocycles. The van der Waals surface area contributed by atoms with E-state index >= 15 is 0 Å². The van der Waals surface area contributed by atoms with Crippen LogP contribution < -0.4 is 5.32 Å². The first-order valence-electron chi connectivity index (χ1n) is 8.08. The first-order chi connectivity index (χ1) is 12.5. The average Bonchev–Trinajstić information content (AvgIpc) is 3.29. The molecule has 134 valence electrons. The second-order valence-corrected chi connectivity index (χ2v) is 5.63. The molecule has 7 heteroatoms. The minimum Gasteiger partial charge on any atom is -0.467 e. The Hall–Kier alpha value is -3.35. The molecule has 7 nitrogen and oxygen atoms in total. The van der Waals surface area contributed by atoms with E-state index < -0.39 is 18.0 Å². The third-order valence-electron chi connectivity index (χ3n) is 3.68. The van der Waals surface area contributed by atoms with Crippen LogP contribution in [0.25, 0.3) is 11.5 Å². The summed E-state index contributed by atoms with van der Waals surface area (Å²) < 4.78 is 15.9. The fraction of sp³-hybridized carbons (Fsp3) is 0.211. The number of esters is 1. The number of aryl methyl sites for hydroxylation is 1. The predicted molar refractivity (Wildman–Crippen MR) is 92.1 cm³/mol. The molecule has 0 saturated heterocycles. The minimum atomic E-state index is -0.978. The number of oxazole rings is 1. The van der Waals surface area contributed by atoms with Crippen molar-refractivity contribution in [1.82, 2.24) is 10.3 Å². The largest absolute Gasteiger partial charge is 0.467 e. The Balaban J connectivity index is 1.62. The van der Waals surface area contributed by atoms with E-state index in [-0.39, 0.29) is 12.2 Å². The highest BCUT2D eigenvalue weighted by Crippen LogP contribution is 2.22. The maximum Gasteiger partial charge on any atom is 0.361 e. The van der Waals surface area contributed by atoms with E-state index in [1.807, 2.05) is 30.3 Å². The Labute approximate surface area is 150 Å². The van der Waals surface area contributed by atoms with Crippen LogP contribution in [0.1, 0.15) is 28.9 Å². The molecule has 0 aliphatic carbocycles. The molecule has 1 atom stereocenters. The summed E-state index contributed by atoms with van der Waals surface area (Å²) in [5.74, 6) is 0.118. The molecule has 2 aromatic heterocycles. The van der Waals surface area contributed by atoms with Crippen molar-refractivity contribution in [3.63, 3.8) is 0 Å². The van der Waals surface area contributed by atoms with Gasteiger partial charge in [0.15, 0.2) is 11.8 Å². The first-order valence-corrected chi connectivity index (χ1v) is 8.08. The van der Waals surface area contributed by atoms with Crippen LogP contribution in [0.5, 0.6) is 0 Å². The zero-order valence-corrected chi connectivity index (χ0v) is 14.4. The number of ether oxygens (including phenoxy) is 1. The number of hydrogen-bond donors (Lipinski definition) is 1. The van der Waals surface area contributed by atoms with Crippen molar-refractivity contribution in [3.8, 4) is 11.5 Å². The summed E-state index contributed by atoms with van der Waals surface area (Å²) in [5.41, 5.74) is 0.799. The molecule has 0 saturated carbocycles. The summed E-state index contributed by atoms with van der Waals surface area (Å²) in [6, 6.07) is 12.7. The minimum absolute atomic E-state index is 0.0505. The predicted octanol–water partition coefficient (Wildman–Crippen LogP) is 3.10. The Morgan fingerprint density at radius 2 is 1.96 bits per heavy atom. The number of nitrogens with zero attached hydrogens (tertiary/aromatic N) is 1. The topological polar surface area (TPSA) is 94.6 Å². The van der Waals surface area contributed by atoms with E-state index in [1.54, 1.807) is 19.1 Å². The van der Waals surface area contributed by atoms with E-state index in [1.165, 1.54) is 13.2 Å². The molecule has 0 spiro atoms. The first kappa shape index (κ1) is 17.5. The molecule has 0 unspecified atom stereocenters. The van der Waals surface area contributed by atoms with Gasteiger partial charge in [-0.25, -0.2) is 9.78 Å². The fourth-order valence-electron chi connectivity index (χ4n) is 2.29. The SMILES string of the molecule is Cc1oc(-c2ccccc2)nc1C(=O)O[C@@H](C)C(=O)NCc1ccco1. The third kappa shape index (κ3) is 4.00. The lowest BCUT2D eigenvalue weighted by Gasteiger charge is -2.12. The number of furan rings is 1. The smallest absolute Gasteiger partial charge is 0.361 e. The summed E-state index contributed by atoms with van der Waals surface area (Å²) in [6.45, 7) is 3.33. The summed E-state index contributed by atoms with van der Waals surface area (Å²) in [6.07, 6.45) is 0.538. The zero-order chi connectivity index (χ0) is 18.5. The summed E-state index contributed by atoms with van der Waals surface area (Å²) >= 11 is 0. The van der Waals surface area contributed by atoms with E-state index in [4.69, 9.17) is 13.6 Å². The van der Waals surface area contributed by atoms with E-state index in [2.05, 4.69) is 10.3 Å². The highest BCUT2D eigenvalue weighted by Gasteiger charge is 2.24. The molecule has 0 aliphatic heterocycles.